The van der Waals surface area contributed by atoms with Crippen LogP contribution in [0.3, 0.4) is 0 Å². The van der Waals surface area contributed by atoms with Gasteiger partial charge in [0.15, 0.2) is 6.10 Å². The van der Waals surface area contributed by atoms with E-state index in [-0.39, 0.29) is 37.5 Å². The summed E-state index contributed by atoms with van der Waals surface area (Å²) in [5.74, 6) is -0.988. The lowest BCUT2D eigenvalue weighted by Crippen LogP contribution is -2.30. The summed E-state index contributed by atoms with van der Waals surface area (Å²) in [6.07, 6.45) is 67.0. The molecule has 0 rings (SSSR count). The normalized spacial score (nSPS) is 12.9. The molecule has 0 N–H and O–H groups in total. The molecule has 0 aromatic rings. The molecule has 0 aromatic carbocycles. The molecule has 0 spiro atoms. The average Bonchev–Trinajstić information content (AvgIpc) is 3.28. The van der Waals surface area contributed by atoms with E-state index in [1.165, 1.54) is 77.0 Å². The smallest absolute Gasteiger partial charge is 0.306 e. The molecule has 0 amide bonds. The van der Waals surface area contributed by atoms with Gasteiger partial charge in [0.1, 0.15) is 13.2 Å². The summed E-state index contributed by atoms with van der Waals surface area (Å²) in [5, 5.41) is 0. The van der Waals surface area contributed by atoms with Gasteiger partial charge in [-0.3, -0.25) is 14.4 Å². The summed E-state index contributed by atoms with van der Waals surface area (Å²) >= 11 is 0. The van der Waals surface area contributed by atoms with Gasteiger partial charge in [-0.2, -0.15) is 0 Å². The molecule has 1 atom stereocenters. The quantitative estimate of drug-likeness (QED) is 0.0262. The minimum absolute atomic E-state index is 0.105. The predicted octanol–water partition coefficient (Wildman–Crippen LogP) is 17.0. The van der Waals surface area contributed by atoms with E-state index >= 15 is 0 Å². The van der Waals surface area contributed by atoms with Gasteiger partial charge >= 0.3 is 17.9 Å². The Balaban J connectivity index is 4.37. The second kappa shape index (κ2) is 51.0. The van der Waals surface area contributed by atoms with E-state index in [0.717, 1.165) is 103 Å². The average molecular weight is 875 g/mol. The first-order chi connectivity index (χ1) is 31.0. The van der Waals surface area contributed by atoms with E-state index in [4.69, 9.17) is 14.2 Å². The van der Waals surface area contributed by atoms with Crippen molar-refractivity contribution < 1.29 is 28.6 Å². The van der Waals surface area contributed by atoms with Gasteiger partial charge in [0.25, 0.3) is 0 Å². The van der Waals surface area contributed by atoms with Crippen LogP contribution in [0.4, 0.5) is 0 Å². The van der Waals surface area contributed by atoms with Crippen LogP contribution in [0.2, 0.25) is 0 Å². The number of hydrogen-bond donors (Lipinski definition) is 0. The Bertz CT molecular complexity index is 1280. The summed E-state index contributed by atoms with van der Waals surface area (Å²) in [6, 6.07) is 0. The number of ether oxygens (including phenoxy) is 3. The van der Waals surface area contributed by atoms with Crippen molar-refractivity contribution in [3.8, 4) is 0 Å². The van der Waals surface area contributed by atoms with Crippen molar-refractivity contribution in [1.29, 1.82) is 0 Å². The van der Waals surface area contributed by atoms with Crippen molar-refractivity contribution in [2.75, 3.05) is 13.2 Å². The molecule has 0 saturated heterocycles. The minimum Gasteiger partial charge on any atom is -0.462 e. The molecule has 358 valence electrons. The summed E-state index contributed by atoms with van der Waals surface area (Å²) in [5.41, 5.74) is 0. The van der Waals surface area contributed by atoms with Crippen molar-refractivity contribution in [2.24, 2.45) is 0 Å². The van der Waals surface area contributed by atoms with Crippen LogP contribution >= 0.6 is 0 Å². The van der Waals surface area contributed by atoms with Gasteiger partial charge in [-0.1, -0.05) is 208 Å². The maximum Gasteiger partial charge on any atom is 0.306 e. The zero-order valence-electron chi connectivity index (χ0n) is 40.8. The Hall–Kier alpha value is -3.67. The number of hydrogen-bond acceptors (Lipinski definition) is 6. The fourth-order valence-corrected chi connectivity index (χ4v) is 6.72. The molecular weight excluding hydrogens is 781 g/mol. The molecule has 0 aromatic heterocycles. The number of rotatable bonds is 45. The summed E-state index contributed by atoms with van der Waals surface area (Å²) in [6.45, 7) is 6.40. The standard InChI is InChI=1S/C57H94O6/c1-4-7-10-13-16-18-20-22-24-26-27-28-29-31-32-34-36-38-41-44-47-50-56(59)62-53-54(52-61-55(58)49-46-43-40-15-12-9-6-3)63-57(60)51-48-45-42-39-37-35-33-30-25-23-21-19-17-14-11-8-5-2/h8,11,17,19-20,22-23,25-27,29,31,33,35,39,42,54H,4-7,9-10,12-16,18,21,24,28,30,32,34,36-38,40-41,43-53H2,1-3H3/b11-8-,19-17-,22-20-,25-23-,27-26-,31-29-,35-33-,42-39-. The van der Waals surface area contributed by atoms with Crippen LogP contribution in [-0.2, 0) is 28.6 Å². The van der Waals surface area contributed by atoms with E-state index in [0.29, 0.717) is 19.3 Å². The monoisotopic (exact) mass is 875 g/mol. The molecule has 0 aliphatic carbocycles. The molecule has 1 unspecified atom stereocenters. The van der Waals surface area contributed by atoms with Gasteiger partial charge in [0, 0.05) is 19.3 Å². The van der Waals surface area contributed by atoms with Crippen LogP contribution in [0.25, 0.3) is 0 Å². The lowest BCUT2D eigenvalue weighted by atomic mass is 10.1. The molecule has 63 heavy (non-hydrogen) atoms. The van der Waals surface area contributed by atoms with Gasteiger partial charge in [0.2, 0.25) is 0 Å². The molecule has 0 bridgehead atoms. The fourth-order valence-electron chi connectivity index (χ4n) is 6.72. The SMILES string of the molecule is CC/C=C\C/C=C\C/C=C\C/C=C\C/C=C\CCCC(=O)OC(COC(=O)CCCCCCCCC)COC(=O)CCCCCCCC/C=C\C/C=C\C/C=C\CCCCCCC. The lowest BCUT2D eigenvalue weighted by Gasteiger charge is -2.18. The summed E-state index contributed by atoms with van der Waals surface area (Å²) in [4.78, 5) is 37.8. The molecule has 0 aliphatic rings. The van der Waals surface area contributed by atoms with Gasteiger partial charge < -0.3 is 14.2 Å². The van der Waals surface area contributed by atoms with Gasteiger partial charge in [-0.05, 0) is 96.3 Å². The molecule has 0 fully saturated rings. The maximum absolute atomic E-state index is 12.7. The molecule has 0 radical (unpaired) electrons. The third-order valence-corrected chi connectivity index (χ3v) is 10.6. The van der Waals surface area contributed by atoms with Crippen LogP contribution in [0.5, 0.6) is 0 Å². The maximum atomic E-state index is 12.7. The van der Waals surface area contributed by atoms with Gasteiger partial charge in [0.05, 0.1) is 0 Å². The van der Waals surface area contributed by atoms with Crippen molar-refractivity contribution in [1.82, 2.24) is 0 Å². The highest BCUT2D eigenvalue weighted by Gasteiger charge is 2.19. The van der Waals surface area contributed by atoms with Gasteiger partial charge in [-0.25, -0.2) is 0 Å². The largest absolute Gasteiger partial charge is 0.462 e. The van der Waals surface area contributed by atoms with E-state index in [2.05, 4.69) is 118 Å². The van der Waals surface area contributed by atoms with Crippen molar-refractivity contribution in [3.05, 3.63) is 97.2 Å². The predicted molar refractivity (Wildman–Crippen MR) is 270 cm³/mol. The van der Waals surface area contributed by atoms with Crippen LogP contribution in [0.1, 0.15) is 226 Å². The van der Waals surface area contributed by atoms with Crippen molar-refractivity contribution in [3.63, 3.8) is 0 Å². The fraction of sp³-hybridized carbons (Fsp3) is 0.667. The van der Waals surface area contributed by atoms with Crippen LogP contribution in [-0.4, -0.2) is 37.2 Å². The van der Waals surface area contributed by atoms with E-state index in [9.17, 15) is 14.4 Å². The number of allylic oxidation sites excluding steroid dienone is 16. The molecule has 6 heteroatoms. The Morgan fingerprint density at radius 1 is 0.333 bits per heavy atom. The Kier molecular flexibility index (Phi) is 48.0. The first kappa shape index (κ1) is 59.3. The third kappa shape index (κ3) is 49.2. The highest BCUT2D eigenvalue weighted by molar-refractivity contribution is 5.71. The molecule has 0 saturated carbocycles. The number of carbonyl (C=O) groups excluding carboxylic acids is 3. The second-order valence-corrected chi connectivity index (χ2v) is 16.7. The summed E-state index contributed by atoms with van der Waals surface area (Å²) in [7, 11) is 0. The minimum atomic E-state index is -0.810. The second-order valence-electron chi connectivity index (χ2n) is 16.7. The Labute approximate surface area is 387 Å². The third-order valence-electron chi connectivity index (χ3n) is 10.6. The molecule has 0 heterocycles. The highest BCUT2D eigenvalue weighted by atomic mass is 16.6. The van der Waals surface area contributed by atoms with Crippen molar-refractivity contribution >= 4 is 17.9 Å². The highest BCUT2D eigenvalue weighted by Crippen LogP contribution is 2.13. The van der Waals surface area contributed by atoms with E-state index < -0.39 is 6.10 Å². The first-order valence-electron chi connectivity index (χ1n) is 25.7. The van der Waals surface area contributed by atoms with E-state index in [1.807, 2.05) is 0 Å². The van der Waals surface area contributed by atoms with Crippen LogP contribution in [0, 0.1) is 0 Å². The van der Waals surface area contributed by atoms with Gasteiger partial charge in [-0.15, -0.1) is 0 Å². The number of esters is 3. The number of carbonyl (C=O) groups is 3. The molecule has 0 aliphatic heterocycles. The zero-order chi connectivity index (χ0) is 45.8. The molecular formula is C57H94O6. The topological polar surface area (TPSA) is 78.9 Å². The lowest BCUT2D eigenvalue weighted by molar-refractivity contribution is -0.167. The Morgan fingerprint density at radius 3 is 1.02 bits per heavy atom. The number of unbranched alkanes of at least 4 members (excludes halogenated alkanes) is 18. The molecule has 6 nitrogen and oxygen atoms in total. The Morgan fingerprint density at radius 2 is 0.635 bits per heavy atom. The first-order valence-corrected chi connectivity index (χ1v) is 25.7. The zero-order valence-corrected chi connectivity index (χ0v) is 40.8. The van der Waals surface area contributed by atoms with Crippen LogP contribution in [0.15, 0.2) is 97.2 Å². The van der Waals surface area contributed by atoms with E-state index in [1.54, 1.807) is 0 Å². The van der Waals surface area contributed by atoms with Crippen LogP contribution < -0.4 is 0 Å². The summed E-state index contributed by atoms with van der Waals surface area (Å²) < 4.78 is 16.7. The van der Waals surface area contributed by atoms with Crippen molar-refractivity contribution in [2.45, 2.75) is 232 Å².